The van der Waals surface area contributed by atoms with Crippen molar-refractivity contribution in [3.63, 3.8) is 0 Å². The van der Waals surface area contributed by atoms with Crippen LogP contribution in [0, 0.1) is 0 Å². The van der Waals surface area contributed by atoms with Gasteiger partial charge in [0.2, 0.25) is 0 Å². The summed E-state index contributed by atoms with van der Waals surface area (Å²) in [7, 11) is 0. The second kappa shape index (κ2) is 6.14. The number of para-hydroxylation sites is 1. The van der Waals surface area contributed by atoms with E-state index in [0.717, 1.165) is 36.6 Å². The highest BCUT2D eigenvalue weighted by Gasteiger charge is 2.19. The molecule has 0 bridgehead atoms. The van der Waals surface area contributed by atoms with E-state index in [4.69, 9.17) is 11.6 Å². The minimum atomic E-state index is 0.469. The van der Waals surface area contributed by atoms with Crippen LogP contribution in [-0.4, -0.2) is 24.1 Å². The van der Waals surface area contributed by atoms with E-state index in [1.807, 2.05) is 6.07 Å². The maximum Gasteiger partial charge on any atom is 0.0718 e. The van der Waals surface area contributed by atoms with Gasteiger partial charge in [-0.3, -0.25) is 4.98 Å². The monoisotopic (exact) mass is 287 g/mol. The molecule has 1 N–H and O–H groups in total. The van der Waals surface area contributed by atoms with Crippen molar-refractivity contribution >= 4 is 23.0 Å². The van der Waals surface area contributed by atoms with Crippen molar-refractivity contribution in [1.29, 1.82) is 0 Å². The molecule has 1 aromatic carbocycles. The molecule has 104 valence electrons. The Hall–Kier alpha value is -1.74. The van der Waals surface area contributed by atoms with Gasteiger partial charge in [-0.2, -0.15) is 0 Å². The van der Waals surface area contributed by atoms with Gasteiger partial charge in [-0.15, -0.1) is 0 Å². The number of hydrogen-bond donors (Lipinski definition) is 1. The summed E-state index contributed by atoms with van der Waals surface area (Å²) in [6, 6.07) is 12.9. The number of piperidine rings is 1. The molecule has 4 heteroatoms. The van der Waals surface area contributed by atoms with Crippen LogP contribution in [0.1, 0.15) is 12.8 Å². The molecule has 0 spiro atoms. The molecule has 0 atom stereocenters. The van der Waals surface area contributed by atoms with Crippen molar-refractivity contribution in [2.75, 3.05) is 23.3 Å². The first kappa shape index (κ1) is 13.3. The first-order valence-corrected chi connectivity index (χ1v) is 7.37. The summed E-state index contributed by atoms with van der Waals surface area (Å²) in [5.41, 5.74) is 2.25. The molecule has 0 amide bonds. The zero-order valence-corrected chi connectivity index (χ0v) is 12.1. The van der Waals surface area contributed by atoms with Gasteiger partial charge in [0, 0.05) is 31.0 Å². The molecule has 3 rings (SSSR count). The average Bonchev–Trinajstić information content (AvgIpc) is 2.51. The average molecular weight is 288 g/mol. The molecule has 1 aromatic heterocycles. The van der Waals surface area contributed by atoms with Crippen LogP contribution in [-0.2, 0) is 0 Å². The molecule has 20 heavy (non-hydrogen) atoms. The Balaban J connectivity index is 1.58. The Morgan fingerprint density at radius 3 is 2.55 bits per heavy atom. The smallest absolute Gasteiger partial charge is 0.0718 e. The number of nitrogens with one attached hydrogen (secondary N) is 1. The first-order chi connectivity index (χ1) is 9.83. The standard InChI is InChI=1S/C16H18ClN3/c17-15-6-9-18-12-16(15)19-13-7-10-20(11-8-13)14-4-2-1-3-5-14/h1-6,9,12-13,19H,7-8,10-11H2. The molecule has 1 saturated heterocycles. The molecule has 0 unspecified atom stereocenters. The Morgan fingerprint density at radius 1 is 1.10 bits per heavy atom. The largest absolute Gasteiger partial charge is 0.380 e. The minimum Gasteiger partial charge on any atom is -0.380 e. The fraction of sp³-hybridized carbons (Fsp3) is 0.312. The fourth-order valence-corrected chi connectivity index (χ4v) is 2.78. The molecule has 1 aliphatic rings. The van der Waals surface area contributed by atoms with Crippen molar-refractivity contribution in [1.82, 2.24) is 4.98 Å². The summed E-state index contributed by atoms with van der Waals surface area (Å²) in [5, 5.41) is 4.24. The van der Waals surface area contributed by atoms with Gasteiger partial charge in [-0.25, -0.2) is 0 Å². The minimum absolute atomic E-state index is 0.469. The van der Waals surface area contributed by atoms with Gasteiger partial charge in [-0.05, 0) is 31.0 Å². The quantitative estimate of drug-likeness (QED) is 0.930. The number of benzene rings is 1. The van der Waals surface area contributed by atoms with Gasteiger partial charge in [0.15, 0.2) is 0 Å². The van der Waals surface area contributed by atoms with Crippen LogP contribution in [0.5, 0.6) is 0 Å². The van der Waals surface area contributed by atoms with Crippen LogP contribution in [0.15, 0.2) is 48.8 Å². The maximum absolute atomic E-state index is 6.16. The second-order valence-corrected chi connectivity index (χ2v) is 5.50. The lowest BCUT2D eigenvalue weighted by Crippen LogP contribution is -2.39. The molecular weight excluding hydrogens is 270 g/mol. The third-order valence-corrected chi connectivity index (χ3v) is 4.07. The van der Waals surface area contributed by atoms with E-state index in [2.05, 4.69) is 45.5 Å². The molecule has 0 aliphatic carbocycles. The van der Waals surface area contributed by atoms with Gasteiger partial charge >= 0.3 is 0 Å². The highest BCUT2D eigenvalue weighted by atomic mass is 35.5. The number of aromatic nitrogens is 1. The summed E-state index contributed by atoms with van der Waals surface area (Å²) < 4.78 is 0. The zero-order chi connectivity index (χ0) is 13.8. The van der Waals surface area contributed by atoms with Crippen molar-refractivity contribution in [3.8, 4) is 0 Å². The van der Waals surface area contributed by atoms with E-state index >= 15 is 0 Å². The molecule has 1 aliphatic heterocycles. The second-order valence-electron chi connectivity index (χ2n) is 5.10. The fourth-order valence-electron chi connectivity index (χ4n) is 2.62. The van der Waals surface area contributed by atoms with E-state index in [-0.39, 0.29) is 0 Å². The van der Waals surface area contributed by atoms with E-state index in [1.165, 1.54) is 5.69 Å². The van der Waals surface area contributed by atoms with Gasteiger partial charge in [-0.1, -0.05) is 29.8 Å². The number of rotatable bonds is 3. The topological polar surface area (TPSA) is 28.2 Å². The first-order valence-electron chi connectivity index (χ1n) is 6.99. The zero-order valence-electron chi connectivity index (χ0n) is 11.3. The SMILES string of the molecule is Clc1ccncc1NC1CCN(c2ccccc2)CC1. The summed E-state index contributed by atoms with van der Waals surface area (Å²) >= 11 is 6.16. The summed E-state index contributed by atoms with van der Waals surface area (Å²) in [6.07, 6.45) is 5.73. The third kappa shape index (κ3) is 3.05. The van der Waals surface area contributed by atoms with Crippen molar-refractivity contribution < 1.29 is 0 Å². The third-order valence-electron chi connectivity index (χ3n) is 3.74. The summed E-state index contributed by atoms with van der Waals surface area (Å²) in [4.78, 5) is 6.55. The lowest BCUT2D eigenvalue weighted by Gasteiger charge is -2.34. The molecule has 0 radical (unpaired) electrons. The highest BCUT2D eigenvalue weighted by Crippen LogP contribution is 2.25. The molecule has 3 nitrogen and oxygen atoms in total. The van der Waals surface area contributed by atoms with E-state index in [0.29, 0.717) is 6.04 Å². The summed E-state index contributed by atoms with van der Waals surface area (Å²) in [6.45, 7) is 2.14. The summed E-state index contributed by atoms with van der Waals surface area (Å²) in [5.74, 6) is 0. The molecular formula is C16H18ClN3. The van der Waals surface area contributed by atoms with Gasteiger partial charge in [0.25, 0.3) is 0 Å². The lowest BCUT2D eigenvalue weighted by molar-refractivity contribution is 0.526. The van der Waals surface area contributed by atoms with E-state index < -0.39 is 0 Å². The van der Waals surface area contributed by atoms with Crippen LogP contribution in [0.4, 0.5) is 11.4 Å². The molecule has 0 saturated carbocycles. The number of hydrogen-bond acceptors (Lipinski definition) is 3. The maximum atomic E-state index is 6.16. The normalized spacial score (nSPS) is 16.1. The lowest BCUT2D eigenvalue weighted by atomic mass is 10.0. The Kier molecular flexibility index (Phi) is 4.07. The van der Waals surface area contributed by atoms with Crippen molar-refractivity contribution in [3.05, 3.63) is 53.8 Å². The van der Waals surface area contributed by atoms with Crippen molar-refractivity contribution in [2.45, 2.75) is 18.9 Å². The number of pyridine rings is 1. The van der Waals surface area contributed by atoms with Gasteiger partial charge < -0.3 is 10.2 Å². The molecule has 1 fully saturated rings. The predicted octanol–water partition coefficient (Wildman–Crippen LogP) is 3.82. The van der Waals surface area contributed by atoms with Crippen LogP contribution >= 0.6 is 11.6 Å². The Labute approximate surface area is 124 Å². The number of nitrogens with zero attached hydrogens (tertiary/aromatic N) is 2. The van der Waals surface area contributed by atoms with Crippen LogP contribution in [0.3, 0.4) is 0 Å². The Bertz CT molecular complexity index is 551. The highest BCUT2D eigenvalue weighted by molar-refractivity contribution is 6.33. The van der Waals surface area contributed by atoms with Crippen LogP contribution < -0.4 is 10.2 Å². The predicted molar refractivity (Wildman–Crippen MR) is 84.5 cm³/mol. The van der Waals surface area contributed by atoms with E-state index in [9.17, 15) is 0 Å². The van der Waals surface area contributed by atoms with Crippen LogP contribution in [0.2, 0.25) is 5.02 Å². The molecule has 2 heterocycles. The van der Waals surface area contributed by atoms with E-state index in [1.54, 1.807) is 12.4 Å². The molecule has 2 aromatic rings. The van der Waals surface area contributed by atoms with Gasteiger partial charge in [0.1, 0.15) is 0 Å². The van der Waals surface area contributed by atoms with Crippen LogP contribution in [0.25, 0.3) is 0 Å². The number of halogens is 1. The van der Waals surface area contributed by atoms with Gasteiger partial charge in [0.05, 0.1) is 16.9 Å². The van der Waals surface area contributed by atoms with Crippen molar-refractivity contribution in [2.24, 2.45) is 0 Å². The number of anilines is 2. The Morgan fingerprint density at radius 2 is 1.85 bits per heavy atom.